The number of benzene rings is 1. The zero-order chi connectivity index (χ0) is 13.1. The van der Waals surface area contributed by atoms with Gasteiger partial charge in [-0.25, -0.2) is 8.78 Å². The molecule has 0 fully saturated rings. The van der Waals surface area contributed by atoms with Gasteiger partial charge < -0.3 is 9.88 Å². The molecular weight excluding hydrogens is 234 g/mol. The van der Waals surface area contributed by atoms with Crippen LogP contribution < -0.4 is 5.32 Å². The van der Waals surface area contributed by atoms with Crippen LogP contribution in [-0.2, 0) is 6.54 Å². The van der Waals surface area contributed by atoms with Crippen molar-refractivity contribution < 1.29 is 8.78 Å². The van der Waals surface area contributed by atoms with E-state index in [9.17, 15) is 8.78 Å². The molecule has 0 spiro atoms. The van der Waals surface area contributed by atoms with Gasteiger partial charge in [0, 0.05) is 30.5 Å². The maximum Gasteiger partial charge on any atom is 0.128 e. The Hall–Kier alpha value is -1.68. The summed E-state index contributed by atoms with van der Waals surface area (Å²) >= 11 is 0. The first-order valence-electron chi connectivity index (χ1n) is 5.87. The summed E-state index contributed by atoms with van der Waals surface area (Å²) in [7, 11) is 1.88. The fourth-order valence-electron chi connectivity index (χ4n) is 1.84. The second kappa shape index (κ2) is 5.31. The lowest BCUT2D eigenvalue weighted by Gasteiger charge is -2.08. The Balaban J connectivity index is 2.18. The van der Waals surface area contributed by atoms with Crippen LogP contribution >= 0.6 is 0 Å². The van der Waals surface area contributed by atoms with E-state index in [-0.39, 0.29) is 11.9 Å². The molecule has 0 aliphatic heterocycles. The fraction of sp³-hybridized carbons (Fsp3) is 0.286. The second-order valence-corrected chi connectivity index (χ2v) is 4.36. The Morgan fingerprint density at radius 1 is 1.28 bits per heavy atom. The number of halogens is 2. The predicted octanol–water partition coefficient (Wildman–Crippen LogP) is 3.10. The van der Waals surface area contributed by atoms with E-state index in [4.69, 9.17) is 0 Å². The number of hydrogen-bond donors (Lipinski definition) is 1. The van der Waals surface area contributed by atoms with Gasteiger partial charge in [0.05, 0.1) is 0 Å². The van der Waals surface area contributed by atoms with E-state index in [1.807, 2.05) is 37.0 Å². The zero-order valence-corrected chi connectivity index (χ0v) is 10.5. The average molecular weight is 250 g/mol. The molecule has 2 aromatic rings. The van der Waals surface area contributed by atoms with E-state index in [1.165, 1.54) is 6.07 Å². The Bertz CT molecular complexity index is 534. The summed E-state index contributed by atoms with van der Waals surface area (Å²) in [5, 5.41) is 3.13. The highest BCUT2D eigenvalue weighted by molar-refractivity contribution is 5.21. The van der Waals surface area contributed by atoms with Gasteiger partial charge in [-0.1, -0.05) is 0 Å². The number of nitrogens with zero attached hydrogens (tertiary/aromatic N) is 1. The third kappa shape index (κ3) is 2.76. The second-order valence-electron chi connectivity index (χ2n) is 4.36. The molecule has 0 amide bonds. The first-order valence-corrected chi connectivity index (χ1v) is 5.87. The number of nitrogens with one attached hydrogen (secondary N) is 1. The molecule has 2 rings (SSSR count). The molecule has 1 atom stereocenters. The van der Waals surface area contributed by atoms with Crippen LogP contribution in [0.25, 0.3) is 0 Å². The summed E-state index contributed by atoms with van der Waals surface area (Å²) in [6.07, 6.45) is 3.80. The summed E-state index contributed by atoms with van der Waals surface area (Å²) in [5.41, 5.74) is 1.48. The van der Waals surface area contributed by atoms with Gasteiger partial charge in [0.15, 0.2) is 0 Å². The van der Waals surface area contributed by atoms with Crippen LogP contribution in [0.5, 0.6) is 0 Å². The molecule has 1 aromatic carbocycles. The number of rotatable bonds is 4. The van der Waals surface area contributed by atoms with E-state index in [1.54, 1.807) is 0 Å². The lowest BCUT2D eigenvalue weighted by Crippen LogP contribution is -2.11. The van der Waals surface area contributed by atoms with Gasteiger partial charge in [-0.2, -0.15) is 0 Å². The van der Waals surface area contributed by atoms with E-state index in [0.29, 0.717) is 12.1 Å². The van der Waals surface area contributed by atoms with Gasteiger partial charge in [0.1, 0.15) is 11.6 Å². The topological polar surface area (TPSA) is 17.0 Å². The van der Waals surface area contributed by atoms with Crippen molar-refractivity contribution in [2.75, 3.05) is 7.05 Å². The van der Waals surface area contributed by atoms with Gasteiger partial charge in [0.25, 0.3) is 0 Å². The largest absolute Gasteiger partial charge is 0.349 e. The van der Waals surface area contributed by atoms with Gasteiger partial charge in [-0.3, -0.25) is 0 Å². The molecule has 96 valence electrons. The lowest BCUT2D eigenvalue weighted by atomic mass is 10.2. The summed E-state index contributed by atoms with van der Waals surface area (Å²) in [5.74, 6) is -0.796. The summed E-state index contributed by atoms with van der Waals surface area (Å²) in [6, 6.07) is 5.73. The minimum Gasteiger partial charge on any atom is -0.349 e. The quantitative estimate of drug-likeness (QED) is 0.882. The van der Waals surface area contributed by atoms with Crippen molar-refractivity contribution >= 4 is 0 Å². The van der Waals surface area contributed by atoms with E-state index >= 15 is 0 Å². The molecule has 0 saturated carbocycles. The van der Waals surface area contributed by atoms with E-state index < -0.39 is 5.82 Å². The molecule has 0 radical (unpaired) electrons. The maximum atomic E-state index is 13.5. The van der Waals surface area contributed by atoms with Gasteiger partial charge in [0.2, 0.25) is 0 Å². The molecule has 18 heavy (non-hydrogen) atoms. The third-order valence-electron chi connectivity index (χ3n) is 3.07. The minimum absolute atomic E-state index is 0.239. The highest BCUT2D eigenvalue weighted by Crippen LogP contribution is 2.15. The Morgan fingerprint density at radius 3 is 2.78 bits per heavy atom. The normalized spacial score (nSPS) is 12.7. The van der Waals surface area contributed by atoms with Gasteiger partial charge >= 0.3 is 0 Å². The molecule has 1 aromatic heterocycles. The maximum absolute atomic E-state index is 13.5. The average Bonchev–Trinajstić information content (AvgIpc) is 2.81. The van der Waals surface area contributed by atoms with Crippen LogP contribution in [0.2, 0.25) is 0 Å². The molecule has 2 nitrogen and oxygen atoms in total. The van der Waals surface area contributed by atoms with Crippen LogP contribution in [0.15, 0.2) is 36.7 Å². The SMILES string of the molecule is CNC(C)c1ccn(Cc2cc(F)ccc2F)c1. The van der Waals surface area contributed by atoms with Crippen LogP contribution in [0, 0.1) is 11.6 Å². The van der Waals surface area contributed by atoms with E-state index in [0.717, 1.165) is 17.7 Å². The molecule has 4 heteroatoms. The predicted molar refractivity (Wildman–Crippen MR) is 67.4 cm³/mol. The van der Waals surface area contributed by atoms with Crippen molar-refractivity contribution in [2.24, 2.45) is 0 Å². The van der Waals surface area contributed by atoms with Crippen LogP contribution in [0.1, 0.15) is 24.1 Å². The summed E-state index contributed by atoms with van der Waals surface area (Å²) in [6.45, 7) is 2.38. The first-order chi connectivity index (χ1) is 8.60. The molecule has 0 bridgehead atoms. The molecule has 1 unspecified atom stereocenters. The monoisotopic (exact) mass is 250 g/mol. The van der Waals surface area contributed by atoms with Crippen LogP contribution in [0.4, 0.5) is 8.78 Å². The van der Waals surface area contributed by atoms with Crippen LogP contribution in [-0.4, -0.2) is 11.6 Å². The van der Waals surface area contributed by atoms with Gasteiger partial charge in [-0.05, 0) is 43.8 Å². The Kier molecular flexibility index (Phi) is 3.77. The number of aromatic nitrogens is 1. The highest BCUT2D eigenvalue weighted by Gasteiger charge is 2.07. The Morgan fingerprint density at radius 2 is 2.06 bits per heavy atom. The van der Waals surface area contributed by atoms with Crippen molar-refractivity contribution in [1.82, 2.24) is 9.88 Å². The van der Waals surface area contributed by atoms with Crippen molar-refractivity contribution in [3.05, 3.63) is 59.4 Å². The first kappa shape index (κ1) is 12.8. The third-order valence-corrected chi connectivity index (χ3v) is 3.07. The smallest absolute Gasteiger partial charge is 0.128 e. The summed E-state index contributed by atoms with van der Waals surface area (Å²) in [4.78, 5) is 0. The molecule has 0 aliphatic carbocycles. The van der Waals surface area contributed by atoms with Crippen molar-refractivity contribution in [1.29, 1.82) is 0 Å². The standard InChI is InChI=1S/C14H16F2N2/c1-10(17-2)11-5-6-18(8-11)9-12-7-13(15)3-4-14(12)16/h3-8,10,17H,9H2,1-2H3. The molecule has 0 aliphatic rings. The Labute approximate surface area is 105 Å². The molecule has 1 N–H and O–H groups in total. The lowest BCUT2D eigenvalue weighted by molar-refractivity contribution is 0.576. The fourth-order valence-corrected chi connectivity index (χ4v) is 1.84. The van der Waals surface area contributed by atoms with E-state index in [2.05, 4.69) is 5.32 Å². The minimum atomic E-state index is -0.414. The van der Waals surface area contributed by atoms with Crippen LogP contribution in [0.3, 0.4) is 0 Å². The zero-order valence-electron chi connectivity index (χ0n) is 10.5. The highest BCUT2D eigenvalue weighted by atomic mass is 19.1. The summed E-state index contributed by atoms with van der Waals surface area (Å²) < 4.78 is 28.4. The van der Waals surface area contributed by atoms with Crippen molar-refractivity contribution in [2.45, 2.75) is 19.5 Å². The molecule has 0 saturated heterocycles. The van der Waals surface area contributed by atoms with Crippen molar-refractivity contribution in [3.63, 3.8) is 0 Å². The molecular formula is C14H16F2N2. The molecule has 1 heterocycles. The number of hydrogen-bond acceptors (Lipinski definition) is 1. The van der Waals surface area contributed by atoms with Crippen molar-refractivity contribution in [3.8, 4) is 0 Å². The van der Waals surface area contributed by atoms with Gasteiger partial charge in [-0.15, -0.1) is 0 Å².